The Morgan fingerprint density at radius 1 is 0.862 bits per heavy atom. The van der Waals surface area contributed by atoms with Gasteiger partial charge in [0.2, 0.25) is 11.8 Å². The molecule has 2 heterocycles. The van der Waals surface area contributed by atoms with Gasteiger partial charge in [-0.15, -0.1) is 0 Å². The maximum absolute atomic E-state index is 15.3. The second-order valence-corrected chi connectivity index (χ2v) is 15.3. The zero-order valence-electron chi connectivity index (χ0n) is 31.8. The van der Waals surface area contributed by atoms with E-state index >= 15 is 4.79 Å². The lowest BCUT2D eigenvalue weighted by Crippen LogP contribution is -2.53. The predicted octanol–water partition coefficient (Wildman–Crippen LogP) is 5.78. The van der Waals surface area contributed by atoms with Crippen molar-refractivity contribution in [3.63, 3.8) is 0 Å². The van der Waals surface area contributed by atoms with Gasteiger partial charge >= 0.3 is 11.4 Å². The van der Waals surface area contributed by atoms with Crippen molar-refractivity contribution in [3.05, 3.63) is 133 Å². The third kappa shape index (κ3) is 5.49. The molecule has 2 aliphatic carbocycles. The summed E-state index contributed by atoms with van der Waals surface area (Å²) in [7, 11) is 4.22. The van der Waals surface area contributed by atoms with Crippen molar-refractivity contribution in [3.8, 4) is 11.5 Å². The first-order valence-corrected chi connectivity index (χ1v) is 18.6. The first-order valence-electron chi connectivity index (χ1n) is 18.6. The molecule has 4 aromatic carbocycles. The minimum absolute atomic E-state index is 0.0270. The molecule has 0 bridgehead atoms. The highest BCUT2D eigenvalue weighted by molar-refractivity contribution is 6.23. The van der Waals surface area contributed by atoms with Crippen LogP contribution in [0.2, 0.25) is 0 Å². The van der Waals surface area contributed by atoms with Crippen LogP contribution in [-0.4, -0.2) is 64.8 Å². The summed E-state index contributed by atoms with van der Waals surface area (Å²) in [5.41, 5.74) is 2.54. The number of phenols is 1. The van der Waals surface area contributed by atoms with Crippen LogP contribution < -0.4 is 20.0 Å². The Bertz CT molecular complexity index is 2430. The molecule has 296 valence electrons. The normalized spacial score (nSPS) is 24.8. The molecule has 0 aromatic heterocycles. The molecule has 16 nitrogen and oxygen atoms in total. The summed E-state index contributed by atoms with van der Waals surface area (Å²) in [6.07, 6.45) is 1.81. The molecule has 3 fully saturated rings. The lowest BCUT2D eigenvalue weighted by molar-refractivity contribution is -0.392. The van der Waals surface area contributed by atoms with E-state index in [9.17, 15) is 39.7 Å². The van der Waals surface area contributed by atoms with E-state index in [4.69, 9.17) is 4.74 Å². The van der Waals surface area contributed by atoms with Crippen LogP contribution in [-0.2, 0) is 24.6 Å². The van der Waals surface area contributed by atoms with Gasteiger partial charge in [-0.25, -0.2) is 4.90 Å². The average Bonchev–Trinajstić information content (AvgIpc) is 3.58. The number of allylic oxidation sites excluding steroid dienone is 2. The average molecular weight is 787 g/mol. The molecular formula is C42H38N6O10. The first kappa shape index (κ1) is 37.8. The van der Waals surface area contributed by atoms with Crippen LogP contribution in [0, 0.1) is 50.8 Å². The summed E-state index contributed by atoms with van der Waals surface area (Å²) >= 11 is 0. The highest BCUT2D eigenvalue weighted by atomic mass is 16.6. The summed E-state index contributed by atoms with van der Waals surface area (Å²) in [5.74, 6) is -7.49. The number of nitrogens with one attached hydrogen (secondary N) is 1. The maximum Gasteiger partial charge on any atom is 0.301 e. The van der Waals surface area contributed by atoms with Crippen LogP contribution in [0.25, 0.3) is 0 Å². The van der Waals surface area contributed by atoms with E-state index in [0.717, 1.165) is 27.6 Å². The minimum atomic E-state index is -1.60. The zero-order chi connectivity index (χ0) is 41.4. The number of hydrogen-bond donors (Lipinski definition) is 2. The Labute approximate surface area is 331 Å². The number of ether oxygens (including phenoxy) is 1. The van der Waals surface area contributed by atoms with Crippen molar-refractivity contribution in [1.29, 1.82) is 0 Å². The fraction of sp³-hybridized carbons (Fsp3) is 0.286. The summed E-state index contributed by atoms with van der Waals surface area (Å²) in [6.45, 7) is 1.91. The van der Waals surface area contributed by atoms with E-state index in [1.807, 2.05) is 25.1 Å². The third-order valence-corrected chi connectivity index (χ3v) is 12.1. The molecule has 0 radical (unpaired) electrons. The molecule has 0 spiro atoms. The van der Waals surface area contributed by atoms with Crippen molar-refractivity contribution >= 4 is 52.1 Å². The SMILES string of the molecule is COc1ccc(C2C3=CCC4C(=O)N(c5cc([N+](=O)[O-])c(N(C)C)c([N+](=O)[O-])c5)C(=O)C4C3CC3C(=O)N(Nc4ccc(C)cc4)C(=O)C32c2ccccc2)cc1O. The van der Waals surface area contributed by atoms with Crippen molar-refractivity contribution in [2.45, 2.75) is 31.1 Å². The molecule has 2 N–H and O–H groups in total. The number of nitro benzene ring substituents is 2. The largest absolute Gasteiger partial charge is 0.504 e. The number of hydrogen-bond acceptors (Lipinski definition) is 12. The van der Waals surface area contributed by atoms with Gasteiger partial charge in [0.1, 0.15) is 0 Å². The van der Waals surface area contributed by atoms with Crippen LogP contribution in [0.15, 0.2) is 96.6 Å². The molecule has 6 atom stereocenters. The Morgan fingerprint density at radius 2 is 1.52 bits per heavy atom. The van der Waals surface area contributed by atoms with Crippen molar-refractivity contribution in [2.75, 3.05) is 36.4 Å². The number of aryl methyl sites for hydroxylation is 1. The first-order chi connectivity index (χ1) is 27.7. The van der Waals surface area contributed by atoms with Gasteiger partial charge in [-0.2, -0.15) is 5.01 Å². The van der Waals surface area contributed by atoms with E-state index < -0.39 is 79.9 Å². The molecule has 2 saturated heterocycles. The highest BCUT2D eigenvalue weighted by Gasteiger charge is 2.70. The van der Waals surface area contributed by atoms with Gasteiger partial charge in [0.25, 0.3) is 11.8 Å². The topological polar surface area (TPSA) is 206 Å². The van der Waals surface area contributed by atoms with Crippen LogP contribution in [0.1, 0.15) is 35.4 Å². The fourth-order valence-electron chi connectivity index (χ4n) is 9.72. The Kier molecular flexibility index (Phi) is 9.01. The smallest absolute Gasteiger partial charge is 0.301 e. The summed E-state index contributed by atoms with van der Waals surface area (Å²) in [6, 6.07) is 22.8. The summed E-state index contributed by atoms with van der Waals surface area (Å²) in [5, 5.41) is 36.6. The quantitative estimate of drug-likeness (QED) is 0.0897. The molecule has 4 amide bonds. The number of aromatic hydroxyl groups is 1. The number of hydrazine groups is 1. The number of benzene rings is 4. The van der Waals surface area contributed by atoms with Crippen molar-refractivity contribution in [1.82, 2.24) is 5.01 Å². The monoisotopic (exact) mass is 786 g/mol. The Hall–Kier alpha value is -7.10. The van der Waals surface area contributed by atoms with Gasteiger partial charge in [0.05, 0.1) is 51.5 Å². The molecule has 4 aromatic rings. The van der Waals surface area contributed by atoms with E-state index in [0.29, 0.717) is 22.4 Å². The molecule has 16 heteroatoms. The summed E-state index contributed by atoms with van der Waals surface area (Å²) < 4.78 is 5.35. The number of rotatable bonds is 9. The summed E-state index contributed by atoms with van der Waals surface area (Å²) in [4.78, 5) is 84.2. The maximum atomic E-state index is 15.3. The van der Waals surface area contributed by atoms with E-state index in [1.165, 1.54) is 32.2 Å². The van der Waals surface area contributed by atoms with Gasteiger partial charge < -0.3 is 14.7 Å². The molecule has 58 heavy (non-hydrogen) atoms. The number of methoxy groups -OCH3 is 1. The number of carbonyl (C=O) groups excluding carboxylic acids is 4. The number of nitro groups is 2. The van der Waals surface area contributed by atoms with E-state index in [1.54, 1.807) is 54.6 Å². The fourth-order valence-corrected chi connectivity index (χ4v) is 9.72. The van der Waals surface area contributed by atoms with Gasteiger partial charge in [-0.3, -0.25) is 44.8 Å². The van der Waals surface area contributed by atoms with Crippen LogP contribution in [0.3, 0.4) is 0 Å². The number of nitrogens with zero attached hydrogens (tertiary/aromatic N) is 5. The van der Waals surface area contributed by atoms with Crippen molar-refractivity contribution in [2.24, 2.45) is 23.7 Å². The molecular weight excluding hydrogens is 748 g/mol. The standard InChI is InChI=1S/C42H38N6O10/c1-22-10-13-25(14-11-22)43-46-39(51)30-21-29-27(36(23-12-17-34(58-4)33(49)18-23)42(30,41(46)53)24-8-6-5-7-9-24)15-16-28-35(29)40(52)45(38(28)50)26-19-31(47(54)55)37(44(2)3)32(20-26)48(56)57/h5-15,17-20,28-30,35-36,43,49H,16,21H2,1-4H3. The van der Waals surface area contributed by atoms with Crippen LogP contribution in [0.4, 0.5) is 28.4 Å². The minimum Gasteiger partial charge on any atom is -0.504 e. The van der Waals surface area contributed by atoms with Gasteiger partial charge in [0.15, 0.2) is 17.2 Å². The molecule has 4 aliphatic rings. The molecule has 2 aliphatic heterocycles. The second-order valence-electron chi connectivity index (χ2n) is 15.3. The number of anilines is 3. The number of imide groups is 2. The number of fused-ring (bicyclic) bond motifs is 4. The van der Waals surface area contributed by atoms with Crippen LogP contribution >= 0.6 is 0 Å². The molecule has 1 saturated carbocycles. The van der Waals surface area contributed by atoms with Gasteiger partial charge in [0, 0.05) is 32.1 Å². The van der Waals surface area contributed by atoms with Crippen molar-refractivity contribution < 1.29 is 38.9 Å². The third-order valence-electron chi connectivity index (χ3n) is 12.1. The second kappa shape index (κ2) is 13.8. The highest BCUT2D eigenvalue weighted by Crippen LogP contribution is 2.64. The number of amides is 4. The number of carbonyl (C=O) groups is 4. The predicted molar refractivity (Wildman–Crippen MR) is 210 cm³/mol. The van der Waals surface area contributed by atoms with Gasteiger partial charge in [-0.05, 0) is 61.1 Å². The lowest BCUT2D eigenvalue weighted by atomic mass is 9.49. The molecule has 8 rings (SSSR count). The van der Waals surface area contributed by atoms with E-state index in [2.05, 4.69) is 5.43 Å². The van der Waals surface area contributed by atoms with E-state index in [-0.39, 0.29) is 35.7 Å². The van der Waals surface area contributed by atoms with Gasteiger partial charge in [-0.1, -0.05) is 65.7 Å². The zero-order valence-corrected chi connectivity index (χ0v) is 31.8. The van der Waals surface area contributed by atoms with Crippen LogP contribution in [0.5, 0.6) is 11.5 Å². The molecule has 6 unspecified atom stereocenters. The Balaban J connectivity index is 1.30. The number of phenolic OH excluding ortho intramolecular Hbond substituents is 1. The Morgan fingerprint density at radius 3 is 2.10 bits per heavy atom. The lowest BCUT2D eigenvalue weighted by Gasteiger charge is -2.50.